The van der Waals surface area contributed by atoms with Gasteiger partial charge in [0.25, 0.3) is 5.56 Å². The number of rotatable bonds is 4. The van der Waals surface area contributed by atoms with E-state index in [0.717, 1.165) is 28.1 Å². The lowest BCUT2D eigenvalue weighted by Crippen LogP contribution is -2.09. The van der Waals surface area contributed by atoms with Crippen LogP contribution in [0.4, 0.5) is 0 Å². The zero-order valence-electron chi connectivity index (χ0n) is 14.2. The first-order valence-corrected chi connectivity index (χ1v) is 8.35. The molecule has 0 amide bonds. The summed E-state index contributed by atoms with van der Waals surface area (Å²) in [6.07, 6.45) is 0. The third kappa shape index (κ3) is 2.78. The molecule has 5 heteroatoms. The molecule has 26 heavy (non-hydrogen) atoms. The van der Waals surface area contributed by atoms with E-state index in [-0.39, 0.29) is 12.2 Å². The summed E-state index contributed by atoms with van der Waals surface area (Å²) in [7, 11) is 0. The molecule has 0 fully saturated rings. The van der Waals surface area contributed by atoms with E-state index in [1.54, 1.807) is 6.07 Å². The average molecular weight is 346 g/mol. The first-order chi connectivity index (χ1) is 12.7. The van der Waals surface area contributed by atoms with Crippen LogP contribution in [-0.4, -0.2) is 15.1 Å². The minimum atomic E-state index is -0.225. The lowest BCUT2D eigenvalue weighted by molar-refractivity contribution is 0.277. The number of hydrogen-bond acceptors (Lipinski definition) is 3. The number of ether oxygens (including phenoxy) is 1. The Kier molecular flexibility index (Phi) is 4.07. The van der Waals surface area contributed by atoms with Crippen LogP contribution in [0.2, 0.25) is 0 Å². The fraction of sp³-hybridized carbons (Fsp3) is 0.0952. The number of hydrogen-bond donors (Lipinski definition) is 3. The predicted octanol–water partition coefficient (Wildman–Crippen LogP) is 4.12. The number of pyridine rings is 1. The van der Waals surface area contributed by atoms with Crippen LogP contribution in [-0.2, 0) is 6.61 Å². The number of nitrogens with one attached hydrogen (secondary N) is 2. The van der Waals surface area contributed by atoms with Crippen molar-refractivity contribution in [2.24, 2.45) is 0 Å². The summed E-state index contributed by atoms with van der Waals surface area (Å²) in [4.78, 5) is 18.4. The van der Waals surface area contributed by atoms with E-state index < -0.39 is 0 Å². The van der Waals surface area contributed by atoms with Crippen LogP contribution in [0.5, 0.6) is 11.5 Å². The molecule has 0 radical (unpaired) electrons. The smallest absolute Gasteiger partial charge is 0.257 e. The second-order valence-corrected chi connectivity index (χ2v) is 6.11. The largest absolute Gasteiger partial charge is 0.457 e. The van der Waals surface area contributed by atoms with Crippen LogP contribution in [0, 0.1) is 6.92 Å². The van der Waals surface area contributed by atoms with Crippen molar-refractivity contribution in [2.45, 2.75) is 13.5 Å². The predicted molar refractivity (Wildman–Crippen MR) is 102 cm³/mol. The topological polar surface area (TPSA) is 78.1 Å². The summed E-state index contributed by atoms with van der Waals surface area (Å²) < 4.78 is 6.05. The second-order valence-electron chi connectivity index (χ2n) is 6.11. The van der Waals surface area contributed by atoms with Crippen molar-refractivity contribution in [1.82, 2.24) is 9.97 Å². The molecule has 3 N–H and O–H groups in total. The molecule has 0 saturated carbocycles. The van der Waals surface area contributed by atoms with Gasteiger partial charge < -0.3 is 19.8 Å². The third-order valence-electron chi connectivity index (χ3n) is 4.34. The van der Waals surface area contributed by atoms with Gasteiger partial charge in [-0.3, -0.25) is 4.79 Å². The number of aromatic nitrogens is 2. The van der Waals surface area contributed by atoms with Crippen molar-refractivity contribution in [3.63, 3.8) is 0 Å². The molecule has 5 nitrogen and oxygen atoms in total. The minimum Gasteiger partial charge on any atom is -0.457 e. The molecule has 2 heterocycles. The molecule has 130 valence electrons. The summed E-state index contributed by atoms with van der Waals surface area (Å²) in [5, 5.41) is 10.8. The van der Waals surface area contributed by atoms with Gasteiger partial charge in [-0.15, -0.1) is 0 Å². The van der Waals surface area contributed by atoms with Gasteiger partial charge in [0, 0.05) is 22.3 Å². The van der Waals surface area contributed by atoms with Crippen molar-refractivity contribution < 1.29 is 9.84 Å². The molecule has 4 aromatic rings. The number of benzene rings is 2. The zero-order valence-corrected chi connectivity index (χ0v) is 14.2. The summed E-state index contributed by atoms with van der Waals surface area (Å²) in [5.74, 6) is 1.43. The van der Waals surface area contributed by atoms with E-state index in [9.17, 15) is 9.90 Å². The van der Waals surface area contributed by atoms with Gasteiger partial charge in [-0.25, -0.2) is 0 Å². The number of aliphatic hydroxyl groups is 1. The van der Waals surface area contributed by atoms with Crippen molar-refractivity contribution >= 4 is 10.8 Å². The molecule has 2 aromatic heterocycles. The fourth-order valence-corrected chi connectivity index (χ4v) is 3.18. The van der Waals surface area contributed by atoms with E-state index >= 15 is 0 Å². The van der Waals surface area contributed by atoms with Gasteiger partial charge in [0.15, 0.2) is 0 Å². The van der Waals surface area contributed by atoms with Gasteiger partial charge in [0.05, 0.1) is 17.7 Å². The van der Waals surface area contributed by atoms with Gasteiger partial charge >= 0.3 is 0 Å². The highest BCUT2D eigenvalue weighted by atomic mass is 16.5. The summed E-state index contributed by atoms with van der Waals surface area (Å²) >= 11 is 0. The normalized spacial score (nSPS) is 11.0. The van der Waals surface area contributed by atoms with Crippen molar-refractivity contribution in [3.8, 4) is 22.8 Å². The summed E-state index contributed by atoms with van der Waals surface area (Å²) in [6, 6.07) is 19.0. The molecule has 0 spiro atoms. The van der Waals surface area contributed by atoms with Crippen molar-refractivity contribution in [2.75, 3.05) is 0 Å². The molecule has 0 aliphatic rings. The van der Waals surface area contributed by atoms with E-state index in [1.807, 2.05) is 61.5 Å². The molecule has 0 saturated heterocycles. The molecular formula is C21H18N2O3. The Bertz CT molecular complexity index is 1130. The van der Waals surface area contributed by atoms with Crippen LogP contribution in [0.3, 0.4) is 0 Å². The Labute approximate surface area is 149 Å². The summed E-state index contributed by atoms with van der Waals surface area (Å²) in [6.45, 7) is 1.64. The van der Waals surface area contributed by atoms with Crippen LogP contribution in [0.1, 0.15) is 11.4 Å². The Morgan fingerprint density at radius 1 is 1.00 bits per heavy atom. The van der Waals surface area contributed by atoms with Gasteiger partial charge in [0.2, 0.25) is 0 Å². The molecule has 0 aliphatic carbocycles. The number of fused-ring (bicyclic) bond motifs is 1. The zero-order chi connectivity index (χ0) is 18.1. The fourth-order valence-electron chi connectivity index (χ4n) is 3.18. The highest BCUT2D eigenvalue weighted by Gasteiger charge is 2.17. The average Bonchev–Trinajstić information content (AvgIpc) is 3.00. The van der Waals surface area contributed by atoms with Gasteiger partial charge in [-0.05, 0) is 37.3 Å². The Morgan fingerprint density at radius 3 is 2.50 bits per heavy atom. The van der Waals surface area contributed by atoms with Crippen LogP contribution in [0.25, 0.3) is 22.0 Å². The molecule has 2 aromatic carbocycles. The van der Waals surface area contributed by atoms with Crippen LogP contribution < -0.4 is 10.3 Å². The molecule has 4 rings (SSSR count). The Balaban J connectivity index is 1.91. The molecular weight excluding hydrogens is 328 g/mol. The summed E-state index contributed by atoms with van der Waals surface area (Å²) in [5.41, 5.74) is 2.68. The van der Waals surface area contributed by atoms with E-state index in [2.05, 4.69) is 9.97 Å². The highest BCUT2D eigenvalue weighted by molar-refractivity contribution is 5.98. The van der Waals surface area contributed by atoms with E-state index in [1.165, 1.54) is 0 Å². The van der Waals surface area contributed by atoms with E-state index in [4.69, 9.17) is 4.74 Å². The molecule has 0 atom stereocenters. The number of para-hydroxylation sites is 2. The lowest BCUT2D eigenvalue weighted by atomic mass is 10.1. The van der Waals surface area contributed by atoms with Crippen molar-refractivity contribution in [3.05, 3.63) is 82.4 Å². The van der Waals surface area contributed by atoms with Gasteiger partial charge in [-0.1, -0.05) is 30.3 Å². The molecule has 0 aliphatic heterocycles. The maximum atomic E-state index is 12.4. The SMILES string of the molecule is Cc1[nH]c(-c2ccccc2Oc2ccccc2)c2cc(CO)[nH]c(=O)c12. The number of aliphatic hydroxyl groups excluding tert-OH is 1. The maximum absolute atomic E-state index is 12.4. The number of aromatic amines is 2. The first kappa shape index (κ1) is 16.2. The number of aryl methyl sites for hydroxylation is 1. The standard InChI is InChI=1S/C21H18N2O3/c1-13-19-17(11-14(12-24)23-21(19)25)20(22-13)16-9-5-6-10-18(16)26-15-7-3-2-4-8-15/h2-11,22,24H,12H2,1H3,(H,23,25). The monoisotopic (exact) mass is 346 g/mol. The van der Waals surface area contributed by atoms with Crippen LogP contribution in [0.15, 0.2) is 65.5 Å². The van der Waals surface area contributed by atoms with Gasteiger partial charge in [0.1, 0.15) is 11.5 Å². The quantitative estimate of drug-likeness (QED) is 0.520. The minimum absolute atomic E-state index is 0.215. The third-order valence-corrected chi connectivity index (χ3v) is 4.34. The number of H-pyrrole nitrogens is 2. The van der Waals surface area contributed by atoms with Crippen LogP contribution >= 0.6 is 0 Å². The molecule has 0 unspecified atom stereocenters. The lowest BCUT2D eigenvalue weighted by Gasteiger charge is -2.11. The Morgan fingerprint density at radius 2 is 1.73 bits per heavy atom. The van der Waals surface area contributed by atoms with Crippen molar-refractivity contribution in [1.29, 1.82) is 0 Å². The second kappa shape index (κ2) is 6.54. The highest BCUT2D eigenvalue weighted by Crippen LogP contribution is 2.37. The Hall–Kier alpha value is -3.31. The molecule has 0 bridgehead atoms. The van der Waals surface area contributed by atoms with Gasteiger partial charge in [-0.2, -0.15) is 0 Å². The maximum Gasteiger partial charge on any atom is 0.257 e. The first-order valence-electron chi connectivity index (χ1n) is 8.35. The van der Waals surface area contributed by atoms with E-state index in [0.29, 0.717) is 16.8 Å².